The van der Waals surface area contributed by atoms with Crippen molar-refractivity contribution in [1.82, 2.24) is 0 Å². The molecule has 1 aromatic rings. The molecule has 0 unspecified atom stereocenters. The van der Waals surface area contributed by atoms with Crippen molar-refractivity contribution in [3.63, 3.8) is 0 Å². The van der Waals surface area contributed by atoms with Crippen LogP contribution in [-0.2, 0) is 0 Å². The maximum Gasteiger partial charge on any atom is 0.145 e. The summed E-state index contributed by atoms with van der Waals surface area (Å²) >= 11 is 0. The molecular weight excluding hydrogens is 186 g/mol. The SMILES string of the molecule is Cc1cc(C)c(OCC(C)(C)C)c(N)c1. The molecule has 0 radical (unpaired) electrons. The lowest BCUT2D eigenvalue weighted by molar-refractivity contribution is 0.198. The van der Waals surface area contributed by atoms with Crippen molar-refractivity contribution in [1.29, 1.82) is 0 Å². The molecule has 0 aliphatic carbocycles. The van der Waals surface area contributed by atoms with Gasteiger partial charge in [-0.3, -0.25) is 0 Å². The Bertz CT molecular complexity index is 327. The number of benzene rings is 1. The number of nitrogen functional groups attached to an aromatic ring is 1. The van der Waals surface area contributed by atoms with E-state index in [2.05, 4.69) is 26.8 Å². The molecule has 0 amide bonds. The third-order valence-corrected chi connectivity index (χ3v) is 2.10. The summed E-state index contributed by atoms with van der Waals surface area (Å²) in [5, 5.41) is 0. The van der Waals surface area contributed by atoms with Gasteiger partial charge >= 0.3 is 0 Å². The van der Waals surface area contributed by atoms with E-state index in [9.17, 15) is 0 Å². The maximum atomic E-state index is 5.93. The third-order valence-electron chi connectivity index (χ3n) is 2.10. The Hall–Kier alpha value is -1.18. The van der Waals surface area contributed by atoms with E-state index in [1.807, 2.05) is 19.9 Å². The minimum Gasteiger partial charge on any atom is -0.491 e. The van der Waals surface area contributed by atoms with Crippen LogP contribution in [0.15, 0.2) is 12.1 Å². The highest BCUT2D eigenvalue weighted by Gasteiger charge is 2.13. The van der Waals surface area contributed by atoms with E-state index in [0.717, 1.165) is 17.0 Å². The fourth-order valence-electron chi connectivity index (χ4n) is 1.47. The van der Waals surface area contributed by atoms with Crippen LogP contribution in [0.5, 0.6) is 5.75 Å². The number of ether oxygens (including phenoxy) is 1. The molecule has 0 atom stereocenters. The summed E-state index contributed by atoms with van der Waals surface area (Å²) in [5.41, 5.74) is 9.10. The zero-order valence-corrected chi connectivity index (χ0v) is 10.3. The zero-order valence-electron chi connectivity index (χ0n) is 10.3. The van der Waals surface area contributed by atoms with Gasteiger partial charge in [0.1, 0.15) is 5.75 Å². The van der Waals surface area contributed by atoms with Crippen molar-refractivity contribution in [2.75, 3.05) is 12.3 Å². The van der Waals surface area contributed by atoms with Gasteiger partial charge < -0.3 is 10.5 Å². The van der Waals surface area contributed by atoms with Gasteiger partial charge in [-0.15, -0.1) is 0 Å². The molecule has 0 fully saturated rings. The molecule has 0 aliphatic rings. The Labute approximate surface area is 92.4 Å². The lowest BCUT2D eigenvalue weighted by atomic mass is 9.98. The minimum absolute atomic E-state index is 0.157. The molecule has 0 spiro atoms. The molecule has 2 heteroatoms. The van der Waals surface area contributed by atoms with Crippen molar-refractivity contribution in [3.8, 4) is 5.75 Å². The molecule has 1 rings (SSSR count). The minimum atomic E-state index is 0.157. The van der Waals surface area contributed by atoms with E-state index in [0.29, 0.717) is 6.61 Å². The van der Waals surface area contributed by atoms with Gasteiger partial charge in [0.25, 0.3) is 0 Å². The van der Waals surface area contributed by atoms with Crippen LogP contribution in [0.2, 0.25) is 0 Å². The molecule has 2 N–H and O–H groups in total. The van der Waals surface area contributed by atoms with Crippen molar-refractivity contribution < 1.29 is 4.74 Å². The van der Waals surface area contributed by atoms with Crippen molar-refractivity contribution in [2.45, 2.75) is 34.6 Å². The van der Waals surface area contributed by atoms with Gasteiger partial charge in [0, 0.05) is 0 Å². The van der Waals surface area contributed by atoms with E-state index >= 15 is 0 Å². The van der Waals surface area contributed by atoms with E-state index in [1.165, 1.54) is 5.56 Å². The fraction of sp³-hybridized carbons (Fsp3) is 0.538. The van der Waals surface area contributed by atoms with Crippen LogP contribution >= 0.6 is 0 Å². The second-order valence-electron chi connectivity index (χ2n) is 5.35. The van der Waals surface area contributed by atoms with Crippen LogP contribution in [0.4, 0.5) is 5.69 Å². The number of rotatable bonds is 2. The van der Waals surface area contributed by atoms with Gasteiger partial charge in [-0.25, -0.2) is 0 Å². The van der Waals surface area contributed by atoms with Gasteiger partial charge in [0.15, 0.2) is 0 Å². The predicted molar refractivity (Wildman–Crippen MR) is 65.3 cm³/mol. The fourth-order valence-corrected chi connectivity index (χ4v) is 1.47. The summed E-state index contributed by atoms with van der Waals surface area (Å²) in [5.74, 6) is 0.829. The van der Waals surface area contributed by atoms with E-state index in [-0.39, 0.29) is 5.41 Å². The molecule has 0 bridgehead atoms. The quantitative estimate of drug-likeness (QED) is 0.755. The van der Waals surface area contributed by atoms with Gasteiger partial charge in [-0.2, -0.15) is 0 Å². The standard InChI is InChI=1S/C13H21NO/c1-9-6-10(2)12(11(14)7-9)15-8-13(3,4)5/h6-7H,8,14H2,1-5H3. The summed E-state index contributed by atoms with van der Waals surface area (Å²) < 4.78 is 5.76. The first-order chi connectivity index (χ1) is 6.79. The Morgan fingerprint density at radius 3 is 2.27 bits per heavy atom. The number of anilines is 1. The second-order valence-corrected chi connectivity index (χ2v) is 5.35. The Balaban J connectivity index is 2.86. The lowest BCUT2D eigenvalue weighted by Crippen LogP contribution is -2.17. The number of nitrogens with two attached hydrogens (primary N) is 1. The first-order valence-electron chi connectivity index (χ1n) is 5.29. The van der Waals surface area contributed by atoms with E-state index in [4.69, 9.17) is 10.5 Å². The van der Waals surface area contributed by atoms with Crippen LogP contribution in [0.3, 0.4) is 0 Å². The zero-order chi connectivity index (χ0) is 11.6. The molecule has 1 aromatic carbocycles. The average molecular weight is 207 g/mol. The Kier molecular flexibility index (Phi) is 3.28. The molecule has 0 saturated carbocycles. The van der Waals surface area contributed by atoms with Gasteiger partial charge in [-0.1, -0.05) is 26.8 Å². The highest BCUT2D eigenvalue weighted by molar-refractivity contribution is 5.58. The average Bonchev–Trinajstić information content (AvgIpc) is 1.99. The molecule has 15 heavy (non-hydrogen) atoms. The maximum absolute atomic E-state index is 5.93. The summed E-state index contributed by atoms with van der Waals surface area (Å²) in [6.45, 7) is 11.2. The highest BCUT2D eigenvalue weighted by Crippen LogP contribution is 2.29. The van der Waals surface area contributed by atoms with Crippen molar-refractivity contribution in [3.05, 3.63) is 23.3 Å². The Morgan fingerprint density at radius 2 is 1.80 bits per heavy atom. The molecule has 0 aliphatic heterocycles. The van der Waals surface area contributed by atoms with Gasteiger partial charge in [-0.05, 0) is 36.5 Å². The predicted octanol–water partition coefficient (Wildman–Crippen LogP) is 3.31. The van der Waals surface area contributed by atoms with Crippen LogP contribution in [0, 0.1) is 19.3 Å². The molecule has 84 valence electrons. The highest BCUT2D eigenvalue weighted by atomic mass is 16.5. The van der Waals surface area contributed by atoms with E-state index < -0.39 is 0 Å². The number of aryl methyl sites for hydroxylation is 2. The summed E-state index contributed by atoms with van der Waals surface area (Å²) in [7, 11) is 0. The van der Waals surface area contributed by atoms with Crippen LogP contribution < -0.4 is 10.5 Å². The van der Waals surface area contributed by atoms with Crippen LogP contribution in [0.1, 0.15) is 31.9 Å². The molecule has 0 saturated heterocycles. The molecule has 0 aromatic heterocycles. The normalized spacial score (nSPS) is 11.5. The molecular formula is C13H21NO. The van der Waals surface area contributed by atoms with Crippen molar-refractivity contribution >= 4 is 5.69 Å². The molecule has 2 nitrogen and oxygen atoms in total. The number of hydrogen-bond acceptors (Lipinski definition) is 2. The number of hydrogen-bond donors (Lipinski definition) is 1. The second kappa shape index (κ2) is 4.13. The van der Waals surface area contributed by atoms with Crippen molar-refractivity contribution in [2.24, 2.45) is 5.41 Å². The Morgan fingerprint density at radius 1 is 1.20 bits per heavy atom. The largest absolute Gasteiger partial charge is 0.491 e. The lowest BCUT2D eigenvalue weighted by Gasteiger charge is -2.21. The monoisotopic (exact) mass is 207 g/mol. The first-order valence-corrected chi connectivity index (χ1v) is 5.29. The van der Waals surface area contributed by atoms with Gasteiger partial charge in [0.05, 0.1) is 12.3 Å². The van der Waals surface area contributed by atoms with Gasteiger partial charge in [0.2, 0.25) is 0 Å². The summed E-state index contributed by atoms with van der Waals surface area (Å²) in [4.78, 5) is 0. The summed E-state index contributed by atoms with van der Waals surface area (Å²) in [6, 6.07) is 4.04. The topological polar surface area (TPSA) is 35.2 Å². The first kappa shape index (κ1) is 11.9. The smallest absolute Gasteiger partial charge is 0.145 e. The summed E-state index contributed by atoms with van der Waals surface area (Å²) in [6.07, 6.45) is 0. The van der Waals surface area contributed by atoms with Crippen LogP contribution in [-0.4, -0.2) is 6.61 Å². The molecule has 0 heterocycles. The van der Waals surface area contributed by atoms with E-state index in [1.54, 1.807) is 0 Å². The van der Waals surface area contributed by atoms with Crippen LogP contribution in [0.25, 0.3) is 0 Å². The third kappa shape index (κ3) is 3.46.